The van der Waals surface area contributed by atoms with Gasteiger partial charge in [0.25, 0.3) is 11.7 Å². The number of carbonyl (C=O) groups excluding carboxylic acids is 1. The van der Waals surface area contributed by atoms with E-state index in [1.54, 1.807) is 6.92 Å². The van der Waals surface area contributed by atoms with Gasteiger partial charge in [0, 0.05) is 23.5 Å². The molecule has 0 aliphatic heterocycles. The highest BCUT2D eigenvalue weighted by Gasteiger charge is 2.15. The van der Waals surface area contributed by atoms with E-state index >= 15 is 0 Å². The molecule has 1 aromatic carbocycles. The first kappa shape index (κ1) is 16.4. The van der Waals surface area contributed by atoms with Crippen molar-refractivity contribution in [3.8, 4) is 0 Å². The zero-order valence-electron chi connectivity index (χ0n) is 10.9. The lowest BCUT2D eigenvalue weighted by Crippen LogP contribution is -2.32. The number of nitrogens with zero attached hydrogens (tertiary/aromatic N) is 1. The summed E-state index contributed by atoms with van der Waals surface area (Å²) in [6.45, 7) is 2.26. The van der Waals surface area contributed by atoms with Gasteiger partial charge in [-0.25, -0.2) is 0 Å². The number of carbonyl (C=O) groups is 2. The SMILES string of the molecule is CCN(CCC(=O)O)C(=O)c1ccc(SC(F)F)cc1. The molecule has 1 amide bonds. The molecule has 1 aromatic rings. The maximum Gasteiger partial charge on any atom is 0.305 e. The summed E-state index contributed by atoms with van der Waals surface area (Å²) in [5, 5.41) is 8.62. The van der Waals surface area contributed by atoms with Crippen LogP contribution in [0.5, 0.6) is 0 Å². The van der Waals surface area contributed by atoms with Gasteiger partial charge in [-0.2, -0.15) is 8.78 Å². The van der Waals surface area contributed by atoms with E-state index < -0.39 is 11.7 Å². The number of aliphatic carboxylic acids is 1. The van der Waals surface area contributed by atoms with Crippen molar-refractivity contribution in [1.29, 1.82) is 0 Å². The van der Waals surface area contributed by atoms with Gasteiger partial charge in [0.2, 0.25) is 0 Å². The molecule has 110 valence electrons. The van der Waals surface area contributed by atoms with Gasteiger partial charge in [0.15, 0.2) is 0 Å². The van der Waals surface area contributed by atoms with Crippen LogP contribution in [-0.2, 0) is 4.79 Å². The largest absolute Gasteiger partial charge is 0.481 e. The zero-order valence-corrected chi connectivity index (χ0v) is 11.7. The minimum absolute atomic E-state index is 0.123. The number of hydrogen-bond donors (Lipinski definition) is 1. The van der Waals surface area contributed by atoms with E-state index in [2.05, 4.69) is 0 Å². The molecule has 0 saturated carbocycles. The Morgan fingerprint density at radius 2 is 1.90 bits per heavy atom. The van der Waals surface area contributed by atoms with E-state index in [-0.39, 0.29) is 18.9 Å². The van der Waals surface area contributed by atoms with Crippen LogP contribution in [0.15, 0.2) is 29.2 Å². The molecule has 0 atom stereocenters. The van der Waals surface area contributed by atoms with Gasteiger partial charge in [0.05, 0.1) is 6.42 Å². The lowest BCUT2D eigenvalue weighted by Gasteiger charge is -2.20. The second-order valence-corrected chi connectivity index (χ2v) is 4.99. The Kier molecular flexibility index (Phi) is 6.44. The minimum atomic E-state index is -2.50. The molecule has 0 saturated heterocycles. The van der Waals surface area contributed by atoms with Crippen molar-refractivity contribution >= 4 is 23.6 Å². The molecule has 0 spiro atoms. The smallest absolute Gasteiger partial charge is 0.305 e. The number of thioether (sulfide) groups is 1. The molecule has 20 heavy (non-hydrogen) atoms. The Morgan fingerprint density at radius 3 is 2.35 bits per heavy atom. The summed E-state index contributed by atoms with van der Waals surface area (Å²) in [6, 6.07) is 5.84. The normalized spacial score (nSPS) is 10.6. The van der Waals surface area contributed by atoms with Gasteiger partial charge in [0.1, 0.15) is 0 Å². The Labute approximate surface area is 119 Å². The van der Waals surface area contributed by atoms with Crippen LogP contribution in [-0.4, -0.2) is 40.7 Å². The maximum atomic E-state index is 12.2. The highest BCUT2D eigenvalue weighted by atomic mass is 32.2. The van der Waals surface area contributed by atoms with E-state index in [0.717, 1.165) is 0 Å². The standard InChI is InChI=1S/C13H15F2NO3S/c1-2-16(8-7-11(17)18)12(19)9-3-5-10(6-4-9)20-13(14)15/h3-6,13H,2,7-8H2,1H3,(H,17,18). The van der Waals surface area contributed by atoms with Crippen molar-refractivity contribution in [2.45, 2.75) is 24.0 Å². The molecule has 4 nitrogen and oxygen atoms in total. The van der Waals surface area contributed by atoms with Crippen LogP contribution in [0.2, 0.25) is 0 Å². The predicted molar refractivity (Wildman–Crippen MR) is 72.1 cm³/mol. The summed E-state index contributed by atoms with van der Waals surface area (Å²) in [6.07, 6.45) is -0.126. The molecule has 0 heterocycles. The quantitative estimate of drug-likeness (QED) is 0.787. The third kappa shape index (κ3) is 5.16. The topological polar surface area (TPSA) is 57.6 Å². The third-order valence-electron chi connectivity index (χ3n) is 2.59. The summed E-state index contributed by atoms with van der Waals surface area (Å²) < 4.78 is 24.3. The average molecular weight is 303 g/mol. The Balaban J connectivity index is 2.72. The van der Waals surface area contributed by atoms with Crippen LogP contribution in [0.1, 0.15) is 23.7 Å². The number of alkyl halides is 2. The highest BCUT2D eigenvalue weighted by molar-refractivity contribution is 7.99. The molecule has 0 bridgehead atoms. The number of benzene rings is 1. The minimum Gasteiger partial charge on any atom is -0.481 e. The summed E-state index contributed by atoms with van der Waals surface area (Å²) in [5.74, 6) is -3.78. The molecule has 0 aliphatic rings. The lowest BCUT2D eigenvalue weighted by molar-refractivity contribution is -0.137. The summed E-state index contributed by atoms with van der Waals surface area (Å²) in [4.78, 5) is 24.4. The Hall–Kier alpha value is -1.63. The first-order valence-electron chi connectivity index (χ1n) is 6.00. The number of amides is 1. The fraction of sp³-hybridized carbons (Fsp3) is 0.385. The molecule has 7 heteroatoms. The zero-order chi connectivity index (χ0) is 15.1. The first-order chi connectivity index (χ1) is 9.43. The van der Waals surface area contributed by atoms with Crippen LogP contribution >= 0.6 is 11.8 Å². The fourth-order valence-corrected chi connectivity index (χ4v) is 2.09. The first-order valence-corrected chi connectivity index (χ1v) is 6.88. The summed E-state index contributed by atoms with van der Waals surface area (Å²) in [5.41, 5.74) is 0.357. The van der Waals surface area contributed by atoms with Crippen molar-refractivity contribution in [2.75, 3.05) is 13.1 Å². The lowest BCUT2D eigenvalue weighted by atomic mass is 10.2. The van der Waals surface area contributed by atoms with Crippen LogP contribution in [0, 0.1) is 0 Å². The molecule has 0 aliphatic carbocycles. The maximum absolute atomic E-state index is 12.2. The molecule has 0 fully saturated rings. The van der Waals surface area contributed by atoms with E-state index in [4.69, 9.17) is 5.11 Å². The van der Waals surface area contributed by atoms with Crippen molar-refractivity contribution < 1.29 is 23.5 Å². The number of rotatable bonds is 7. The van der Waals surface area contributed by atoms with E-state index in [1.165, 1.54) is 29.2 Å². The van der Waals surface area contributed by atoms with Gasteiger partial charge in [-0.1, -0.05) is 11.8 Å². The van der Waals surface area contributed by atoms with Crippen molar-refractivity contribution in [1.82, 2.24) is 4.90 Å². The average Bonchev–Trinajstić information content (AvgIpc) is 2.39. The number of carboxylic acid groups (broad SMARTS) is 1. The summed E-state index contributed by atoms with van der Waals surface area (Å²) in [7, 11) is 0. The van der Waals surface area contributed by atoms with E-state index in [9.17, 15) is 18.4 Å². The van der Waals surface area contributed by atoms with Crippen LogP contribution in [0.3, 0.4) is 0 Å². The molecular formula is C13H15F2NO3S. The number of halogens is 2. The van der Waals surface area contributed by atoms with Gasteiger partial charge >= 0.3 is 5.97 Å². The monoisotopic (exact) mass is 303 g/mol. The van der Waals surface area contributed by atoms with Crippen LogP contribution in [0.25, 0.3) is 0 Å². The van der Waals surface area contributed by atoms with Gasteiger partial charge in [-0.15, -0.1) is 0 Å². The summed E-state index contributed by atoms with van der Waals surface area (Å²) >= 11 is 0.411. The van der Waals surface area contributed by atoms with E-state index in [1.807, 2.05) is 0 Å². The fourth-order valence-electron chi connectivity index (χ4n) is 1.60. The van der Waals surface area contributed by atoms with E-state index in [0.29, 0.717) is 28.8 Å². The van der Waals surface area contributed by atoms with Gasteiger partial charge in [-0.05, 0) is 31.2 Å². The highest BCUT2D eigenvalue weighted by Crippen LogP contribution is 2.25. The van der Waals surface area contributed by atoms with Gasteiger partial charge in [-0.3, -0.25) is 9.59 Å². The third-order valence-corrected chi connectivity index (χ3v) is 3.31. The molecule has 0 radical (unpaired) electrons. The van der Waals surface area contributed by atoms with Crippen LogP contribution in [0.4, 0.5) is 8.78 Å². The second-order valence-electron chi connectivity index (χ2n) is 3.93. The van der Waals surface area contributed by atoms with Crippen molar-refractivity contribution in [2.24, 2.45) is 0 Å². The molecule has 0 unspecified atom stereocenters. The van der Waals surface area contributed by atoms with Gasteiger partial charge < -0.3 is 10.0 Å². The van der Waals surface area contributed by atoms with Crippen LogP contribution < -0.4 is 0 Å². The van der Waals surface area contributed by atoms with Crippen molar-refractivity contribution in [3.63, 3.8) is 0 Å². The molecule has 0 aromatic heterocycles. The molecule has 1 rings (SSSR count). The molecule has 1 N–H and O–H groups in total. The number of hydrogen-bond acceptors (Lipinski definition) is 3. The Bertz CT molecular complexity index is 465. The molecular weight excluding hydrogens is 288 g/mol. The number of carboxylic acids is 1. The second kappa shape index (κ2) is 7.84. The Morgan fingerprint density at radius 1 is 1.30 bits per heavy atom. The predicted octanol–water partition coefficient (Wildman–Crippen LogP) is 2.94. The van der Waals surface area contributed by atoms with Crippen molar-refractivity contribution in [3.05, 3.63) is 29.8 Å².